The Bertz CT molecular complexity index is 945. The van der Waals surface area contributed by atoms with Crippen molar-refractivity contribution < 1.29 is 14.0 Å². The van der Waals surface area contributed by atoms with Gasteiger partial charge in [-0.15, -0.1) is 0 Å². The van der Waals surface area contributed by atoms with Crippen LogP contribution >= 0.6 is 11.6 Å². The van der Waals surface area contributed by atoms with E-state index < -0.39 is 11.6 Å². The first-order valence-corrected chi connectivity index (χ1v) is 7.95. The molecule has 25 heavy (non-hydrogen) atoms. The summed E-state index contributed by atoms with van der Waals surface area (Å²) in [4.78, 5) is 31.7. The number of aromatic nitrogens is 2. The Morgan fingerprint density at radius 1 is 1.28 bits per heavy atom. The Morgan fingerprint density at radius 2 is 2.08 bits per heavy atom. The first kappa shape index (κ1) is 17.0. The SMILES string of the molecule is Cc1ccncc1CC(=O)c1cc(C(=O)c2c(F)cccc2Cl)c[nH]1. The van der Waals surface area contributed by atoms with Gasteiger partial charge in [-0.3, -0.25) is 14.6 Å². The molecule has 1 aromatic carbocycles. The highest BCUT2D eigenvalue weighted by molar-refractivity contribution is 6.35. The predicted molar refractivity (Wildman–Crippen MR) is 92.6 cm³/mol. The fraction of sp³-hybridized carbons (Fsp3) is 0.105. The zero-order valence-corrected chi connectivity index (χ0v) is 14.1. The number of nitrogens with one attached hydrogen (secondary N) is 1. The Hall–Kier alpha value is -2.79. The van der Waals surface area contributed by atoms with Crippen LogP contribution in [0.5, 0.6) is 0 Å². The van der Waals surface area contributed by atoms with Crippen molar-refractivity contribution in [3.63, 3.8) is 0 Å². The van der Waals surface area contributed by atoms with Gasteiger partial charge in [-0.25, -0.2) is 4.39 Å². The highest BCUT2D eigenvalue weighted by Crippen LogP contribution is 2.23. The molecule has 0 aliphatic rings. The fourth-order valence-electron chi connectivity index (χ4n) is 2.50. The summed E-state index contributed by atoms with van der Waals surface area (Å²) in [6.07, 6.45) is 4.84. The molecule has 6 heteroatoms. The van der Waals surface area contributed by atoms with Gasteiger partial charge in [0.25, 0.3) is 0 Å². The molecule has 0 spiro atoms. The van der Waals surface area contributed by atoms with E-state index in [9.17, 15) is 14.0 Å². The van der Waals surface area contributed by atoms with Crippen molar-refractivity contribution in [1.82, 2.24) is 9.97 Å². The monoisotopic (exact) mass is 356 g/mol. The summed E-state index contributed by atoms with van der Waals surface area (Å²) in [7, 11) is 0. The Balaban J connectivity index is 1.84. The lowest BCUT2D eigenvalue weighted by Crippen LogP contribution is -2.06. The molecule has 2 heterocycles. The molecule has 0 atom stereocenters. The largest absolute Gasteiger partial charge is 0.358 e. The molecule has 0 radical (unpaired) electrons. The Kier molecular flexibility index (Phi) is 4.76. The van der Waals surface area contributed by atoms with E-state index >= 15 is 0 Å². The van der Waals surface area contributed by atoms with Crippen LogP contribution in [-0.2, 0) is 6.42 Å². The number of rotatable bonds is 5. The van der Waals surface area contributed by atoms with Crippen LogP contribution in [0.25, 0.3) is 0 Å². The van der Waals surface area contributed by atoms with E-state index in [4.69, 9.17) is 11.6 Å². The second kappa shape index (κ2) is 6.99. The number of ketones is 2. The zero-order valence-electron chi connectivity index (χ0n) is 13.3. The second-order valence-corrected chi connectivity index (χ2v) is 6.04. The number of carbonyl (C=O) groups is 2. The van der Waals surface area contributed by atoms with Gasteiger partial charge in [0.15, 0.2) is 11.6 Å². The highest BCUT2D eigenvalue weighted by atomic mass is 35.5. The molecule has 0 saturated heterocycles. The highest BCUT2D eigenvalue weighted by Gasteiger charge is 2.20. The van der Waals surface area contributed by atoms with Crippen LogP contribution in [0.15, 0.2) is 48.9 Å². The normalized spacial score (nSPS) is 10.7. The van der Waals surface area contributed by atoms with Gasteiger partial charge < -0.3 is 4.98 Å². The Labute approximate surface area is 148 Å². The zero-order chi connectivity index (χ0) is 18.0. The van der Waals surface area contributed by atoms with Crippen LogP contribution < -0.4 is 0 Å². The van der Waals surface area contributed by atoms with Crippen LogP contribution in [0.4, 0.5) is 4.39 Å². The van der Waals surface area contributed by atoms with Gasteiger partial charge in [0, 0.05) is 30.6 Å². The van der Waals surface area contributed by atoms with Crippen molar-refractivity contribution in [2.45, 2.75) is 13.3 Å². The van der Waals surface area contributed by atoms with Crippen LogP contribution in [0, 0.1) is 12.7 Å². The number of Topliss-reactive ketones (excluding diaryl/α,β-unsaturated/α-hetero) is 1. The van der Waals surface area contributed by atoms with Gasteiger partial charge in [0.05, 0.1) is 16.3 Å². The van der Waals surface area contributed by atoms with Crippen LogP contribution in [0.1, 0.15) is 37.5 Å². The lowest BCUT2D eigenvalue weighted by molar-refractivity contribution is 0.0988. The molecule has 1 N–H and O–H groups in total. The Morgan fingerprint density at radius 3 is 2.80 bits per heavy atom. The van der Waals surface area contributed by atoms with E-state index in [0.717, 1.165) is 11.1 Å². The number of carbonyl (C=O) groups excluding carboxylic acids is 2. The number of hydrogen-bond donors (Lipinski definition) is 1. The molecule has 0 saturated carbocycles. The maximum Gasteiger partial charge on any atom is 0.199 e. The summed E-state index contributed by atoms with van der Waals surface area (Å²) in [6.45, 7) is 1.90. The van der Waals surface area contributed by atoms with Gasteiger partial charge in [-0.05, 0) is 42.3 Å². The summed E-state index contributed by atoms with van der Waals surface area (Å²) in [5.41, 5.74) is 2.03. The lowest BCUT2D eigenvalue weighted by Gasteiger charge is -2.03. The van der Waals surface area contributed by atoms with Crippen molar-refractivity contribution in [3.8, 4) is 0 Å². The van der Waals surface area contributed by atoms with Crippen LogP contribution in [-0.4, -0.2) is 21.5 Å². The predicted octanol–water partition coefficient (Wildman–Crippen LogP) is 4.17. The molecule has 3 rings (SSSR count). The molecule has 0 aliphatic heterocycles. The fourth-order valence-corrected chi connectivity index (χ4v) is 2.74. The van der Waals surface area contributed by atoms with E-state index in [1.54, 1.807) is 12.4 Å². The minimum absolute atomic E-state index is 0.0325. The van der Waals surface area contributed by atoms with E-state index in [0.29, 0.717) is 0 Å². The minimum atomic E-state index is -0.697. The third kappa shape index (κ3) is 3.51. The number of hydrogen-bond acceptors (Lipinski definition) is 3. The molecule has 0 aliphatic carbocycles. The number of benzene rings is 1. The third-order valence-electron chi connectivity index (χ3n) is 3.93. The van der Waals surface area contributed by atoms with E-state index in [-0.39, 0.29) is 34.0 Å². The van der Waals surface area contributed by atoms with Gasteiger partial charge in [0.1, 0.15) is 5.82 Å². The van der Waals surface area contributed by atoms with Crippen LogP contribution in [0.2, 0.25) is 5.02 Å². The van der Waals surface area contributed by atoms with Gasteiger partial charge in [-0.1, -0.05) is 17.7 Å². The summed E-state index contributed by atoms with van der Waals surface area (Å²) < 4.78 is 13.9. The molecule has 0 bridgehead atoms. The summed E-state index contributed by atoms with van der Waals surface area (Å²) in [6, 6.07) is 7.28. The van der Waals surface area contributed by atoms with Crippen molar-refractivity contribution in [1.29, 1.82) is 0 Å². The van der Waals surface area contributed by atoms with Gasteiger partial charge in [-0.2, -0.15) is 0 Å². The smallest absolute Gasteiger partial charge is 0.199 e. The number of aryl methyl sites for hydroxylation is 1. The third-order valence-corrected chi connectivity index (χ3v) is 4.25. The molecule has 0 amide bonds. The molecular weight excluding hydrogens is 343 g/mol. The number of aromatic amines is 1. The number of H-pyrrole nitrogens is 1. The van der Waals surface area contributed by atoms with E-state index in [1.165, 1.54) is 30.5 Å². The minimum Gasteiger partial charge on any atom is -0.358 e. The van der Waals surface area contributed by atoms with E-state index in [2.05, 4.69) is 9.97 Å². The van der Waals surface area contributed by atoms with Crippen molar-refractivity contribution in [3.05, 3.63) is 87.7 Å². The van der Waals surface area contributed by atoms with Crippen LogP contribution in [0.3, 0.4) is 0 Å². The molecule has 0 fully saturated rings. The topological polar surface area (TPSA) is 62.8 Å². The summed E-state index contributed by atoms with van der Waals surface area (Å²) >= 11 is 5.92. The quantitative estimate of drug-likeness (QED) is 0.698. The summed E-state index contributed by atoms with van der Waals surface area (Å²) in [5.74, 6) is -1.46. The van der Waals surface area contributed by atoms with Crippen molar-refractivity contribution in [2.24, 2.45) is 0 Å². The summed E-state index contributed by atoms with van der Waals surface area (Å²) in [5, 5.41) is 0.0325. The molecule has 2 aromatic heterocycles. The van der Waals surface area contributed by atoms with Crippen molar-refractivity contribution >= 4 is 23.2 Å². The maximum absolute atomic E-state index is 13.9. The van der Waals surface area contributed by atoms with Crippen molar-refractivity contribution in [2.75, 3.05) is 0 Å². The van der Waals surface area contributed by atoms with Gasteiger partial charge >= 0.3 is 0 Å². The molecular formula is C19H14ClFN2O2. The molecule has 3 aromatic rings. The van der Waals surface area contributed by atoms with E-state index in [1.807, 2.05) is 13.0 Å². The maximum atomic E-state index is 13.9. The molecule has 4 nitrogen and oxygen atoms in total. The number of halogens is 2. The first-order chi connectivity index (χ1) is 12.0. The number of pyridine rings is 1. The standard InChI is InChI=1S/C19H14ClFN2O2/c1-11-5-6-22-9-12(11)8-17(24)16-7-13(10-23-16)19(25)18-14(20)3-2-4-15(18)21/h2-7,9-10,23H,8H2,1H3. The molecule has 0 unspecified atom stereocenters. The second-order valence-electron chi connectivity index (χ2n) is 5.63. The lowest BCUT2D eigenvalue weighted by atomic mass is 10.0. The average molecular weight is 357 g/mol. The first-order valence-electron chi connectivity index (χ1n) is 7.57. The van der Waals surface area contributed by atoms with Gasteiger partial charge in [0.2, 0.25) is 0 Å². The molecule has 126 valence electrons. The number of nitrogens with zero attached hydrogens (tertiary/aromatic N) is 1. The average Bonchev–Trinajstić information content (AvgIpc) is 3.07.